The van der Waals surface area contributed by atoms with Crippen molar-refractivity contribution in [3.05, 3.63) is 27.9 Å². The fourth-order valence-corrected chi connectivity index (χ4v) is 2.90. The molecule has 0 spiro atoms. The third-order valence-corrected chi connectivity index (χ3v) is 4.47. The zero-order valence-corrected chi connectivity index (χ0v) is 12.7. The molecule has 1 atom stereocenters. The molecule has 1 aliphatic heterocycles. The fraction of sp³-hybridized carbons (Fsp3) is 0.429. The molecule has 106 valence electrons. The van der Waals surface area contributed by atoms with Crippen LogP contribution in [0.4, 0.5) is 0 Å². The van der Waals surface area contributed by atoms with E-state index < -0.39 is 5.97 Å². The van der Waals surface area contributed by atoms with E-state index in [9.17, 15) is 9.90 Å². The van der Waals surface area contributed by atoms with Gasteiger partial charge in [-0.25, -0.2) is 9.48 Å². The first-order chi connectivity index (χ1) is 9.58. The SMILES string of the molecule is Cc1cc2c(cc1Br)c(C(=O)O)nn2C1CCCCO1. The number of aromatic nitrogens is 2. The van der Waals surface area contributed by atoms with E-state index in [1.807, 2.05) is 19.1 Å². The molecular formula is C14H15BrN2O3. The Bertz CT molecular complexity index is 675. The Balaban J connectivity index is 2.20. The van der Waals surface area contributed by atoms with Crippen molar-refractivity contribution < 1.29 is 14.6 Å². The molecule has 0 saturated carbocycles. The second-order valence-corrected chi connectivity index (χ2v) is 5.89. The molecule has 6 heteroatoms. The first kappa shape index (κ1) is 13.6. The van der Waals surface area contributed by atoms with Gasteiger partial charge in [-0.05, 0) is 43.9 Å². The van der Waals surface area contributed by atoms with Crippen LogP contribution >= 0.6 is 15.9 Å². The highest BCUT2D eigenvalue weighted by molar-refractivity contribution is 9.10. The van der Waals surface area contributed by atoms with E-state index in [0.717, 1.165) is 34.8 Å². The smallest absolute Gasteiger partial charge is 0.357 e. The number of ether oxygens (including phenoxy) is 1. The van der Waals surface area contributed by atoms with Crippen LogP contribution in [0.2, 0.25) is 0 Å². The molecule has 3 rings (SSSR count). The summed E-state index contributed by atoms with van der Waals surface area (Å²) < 4.78 is 8.34. The van der Waals surface area contributed by atoms with Crippen molar-refractivity contribution in [3.63, 3.8) is 0 Å². The zero-order valence-electron chi connectivity index (χ0n) is 11.1. The number of carboxylic acids is 1. The Morgan fingerprint density at radius 3 is 2.95 bits per heavy atom. The zero-order chi connectivity index (χ0) is 14.3. The number of nitrogens with zero attached hydrogens (tertiary/aromatic N) is 2. The number of hydrogen-bond donors (Lipinski definition) is 1. The molecule has 2 heterocycles. The van der Waals surface area contributed by atoms with Gasteiger partial charge in [-0.3, -0.25) is 0 Å². The minimum atomic E-state index is -1.01. The summed E-state index contributed by atoms with van der Waals surface area (Å²) in [5, 5.41) is 14.2. The van der Waals surface area contributed by atoms with Crippen LogP contribution in [0.25, 0.3) is 10.9 Å². The minimum Gasteiger partial charge on any atom is -0.476 e. The van der Waals surface area contributed by atoms with Crippen LogP contribution in [-0.2, 0) is 4.74 Å². The van der Waals surface area contributed by atoms with E-state index in [1.165, 1.54) is 0 Å². The Hall–Kier alpha value is -1.40. The molecule has 2 aromatic rings. The van der Waals surface area contributed by atoms with Gasteiger partial charge in [-0.1, -0.05) is 15.9 Å². The third-order valence-electron chi connectivity index (χ3n) is 3.62. The highest BCUT2D eigenvalue weighted by atomic mass is 79.9. The van der Waals surface area contributed by atoms with Crippen molar-refractivity contribution in [1.82, 2.24) is 9.78 Å². The summed E-state index contributed by atoms with van der Waals surface area (Å²) in [7, 11) is 0. The molecule has 1 aromatic carbocycles. The lowest BCUT2D eigenvalue weighted by Gasteiger charge is -2.23. The molecule has 0 radical (unpaired) electrons. The van der Waals surface area contributed by atoms with Gasteiger partial charge in [0.2, 0.25) is 0 Å². The van der Waals surface area contributed by atoms with Gasteiger partial charge in [-0.2, -0.15) is 5.10 Å². The van der Waals surface area contributed by atoms with Crippen LogP contribution in [0.5, 0.6) is 0 Å². The first-order valence-electron chi connectivity index (χ1n) is 6.61. The Labute approximate surface area is 124 Å². The van der Waals surface area contributed by atoms with E-state index in [-0.39, 0.29) is 11.9 Å². The number of carbonyl (C=O) groups is 1. The molecule has 1 N–H and O–H groups in total. The average molecular weight is 339 g/mol. The van der Waals surface area contributed by atoms with Crippen LogP contribution in [-0.4, -0.2) is 27.5 Å². The van der Waals surface area contributed by atoms with Gasteiger partial charge < -0.3 is 9.84 Å². The average Bonchev–Trinajstić information content (AvgIpc) is 2.79. The number of fused-ring (bicyclic) bond motifs is 1. The van der Waals surface area contributed by atoms with Gasteiger partial charge in [0.15, 0.2) is 11.9 Å². The number of hydrogen-bond acceptors (Lipinski definition) is 3. The molecule has 0 aliphatic carbocycles. The second-order valence-electron chi connectivity index (χ2n) is 5.04. The van der Waals surface area contributed by atoms with E-state index >= 15 is 0 Å². The van der Waals surface area contributed by atoms with Gasteiger partial charge >= 0.3 is 5.97 Å². The molecule has 20 heavy (non-hydrogen) atoms. The van der Waals surface area contributed by atoms with Crippen LogP contribution < -0.4 is 0 Å². The lowest BCUT2D eigenvalue weighted by atomic mass is 10.1. The lowest BCUT2D eigenvalue weighted by molar-refractivity contribution is -0.0368. The minimum absolute atomic E-state index is 0.0786. The number of benzene rings is 1. The third kappa shape index (κ3) is 2.23. The topological polar surface area (TPSA) is 64.3 Å². The summed E-state index contributed by atoms with van der Waals surface area (Å²) in [6, 6.07) is 3.78. The maximum Gasteiger partial charge on any atom is 0.357 e. The summed E-state index contributed by atoms with van der Waals surface area (Å²) >= 11 is 3.44. The molecule has 5 nitrogen and oxygen atoms in total. The Kier molecular flexibility index (Phi) is 3.52. The molecular weight excluding hydrogens is 324 g/mol. The van der Waals surface area contributed by atoms with Crippen molar-refractivity contribution in [2.75, 3.05) is 6.61 Å². The van der Waals surface area contributed by atoms with Crippen LogP contribution in [0, 0.1) is 6.92 Å². The summed E-state index contributed by atoms with van der Waals surface area (Å²) in [5.74, 6) is -1.01. The number of aromatic carboxylic acids is 1. The molecule has 1 aliphatic rings. The van der Waals surface area contributed by atoms with E-state index in [4.69, 9.17) is 4.74 Å². The number of halogens is 1. The van der Waals surface area contributed by atoms with Gasteiger partial charge in [0.1, 0.15) is 0 Å². The monoisotopic (exact) mass is 338 g/mol. The van der Waals surface area contributed by atoms with Crippen molar-refractivity contribution in [2.24, 2.45) is 0 Å². The quantitative estimate of drug-likeness (QED) is 0.909. The molecule has 1 saturated heterocycles. The lowest BCUT2D eigenvalue weighted by Crippen LogP contribution is -2.19. The highest BCUT2D eigenvalue weighted by Crippen LogP contribution is 2.31. The van der Waals surface area contributed by atoms with Crippen molar-refractivity contribution in [2.45, 2.75) is 32.4 Å². The van der Waals surface area contributed by atoms with Crippen molar-refractivity contribution in [1.29, 1.82) is 0 Å². The number of aryl methyl sites for hydroxylation is 1. The van der Waals surface area contributed by atoms with Crippen LogP contribution in [0.1, 0.15) is 41.5 Å². The summed E-state index contributed by atoms with van der Waals surface area (Å²) in [6.45, 7) is 2.67. The number of carboxylic acid groups (broad SMARTS) is 1. The molecule has 1 aromatic heterocycles. The Morgan fingerprint density at radius 2 is 2.30 bits per heavy atom. The largest absolute Gasteiger partial charge is 0.476 e. The van der Waals surface area contributed by atoms with Crippen LogP contribution in [0.3, 0.4) is 0 Å². The predicted octanol–water partition coefficient (Wildman–Crippen LogP) is 3.50. The fourth-order valence-electron chi connectivity index (χ4n) is 2.56. The molecule has 0 amide bonds. The first-order valence-corrected chi connectivity index (χ1v) is 7.40. The van der Waals surface area contributed by atoms with E-state index in [2.05, 4.69) is 21.0 Å². The molecule has 0 bridgehead atoms. The predicted molar refractivity (Wildman–Crippen MR) is 78.0 cm³/mol. The van der Waals surface area contributed by atoms with Crippen molar-refractivity contribution in [3.8, 4) is 0 Å². The standard InChI is InChI=1S/C14H15BrN2O3/c1-8-6-11-9(7-10(8)15)13(14(18)19)16-17(11)12-4-2-3-5-20-12/h6-7,12H,2-5H2,1H3,(H,18,19). The van der Waals surface area contributed by atoms with E-state index in [0.29, 0.717) is 12.0 Å². The van der Waals surface area contributed by atoms with Gasteiger partial charge in [0.25, 0.3) is 0 Å². The van der Waals surface area contributed by atoms with Gasteiger partial charge in [0.05, 0.1) is 5.52 Å². The normalized spacial score (nSPS) is 19.4. The van der Waals surface area contributed by atoms with Gasteiger partial charge in [-0.15, -0.1) is 0 Å². The summed E-state index contributed by atoms with van der Waals surface area (Å²) in [4.78, 5) is 11.4. The molecule has 1 unspecified atom stereocenters. The summed E-state index contributed by atoms with van der Waals surface area (Å²) in [5.41, 5.74) is 1.94. The van der Waals surface area contributed by atoms with Crippen molar-refractivity contribution >= 4 is 32.8 Å². The second kappa shape index (κ2) is 5.18. The van der Waals surface area contributed by atoms with Gasteiger partial charge in [0, 0.05) is 16.5 Å². The maximum atomic E-state index is 11.4. The molecule has 1 fully saturated rings. The Morgan fingerprint density at radius 1 is 1.50 bits per heavy atom. The van der Waals surface area contributed by atoms with Crippen LogP contribution in [0.15, 0.2) is 16.6 Å². The van der Waals surface area contributed by atoms with E-state index in [1.54, 1.807) is 4.68 Å². The highest BCUT2D eigenvalue weighted by Gasteiger charge is 2.24. The maximum absolute atomic E-state index is 11.4. The summed E-state index contributed by atoms with van der Waals surface area (Å²) in [6.07, 6.45) is 2.82. The number of rotatable bonds is 2.